The van der Waals surface area contributed by atoms with Crippen molar-refractivity contribution in [1.82, 2.24) is 30.2 Å². The number of rotatable bonds is 2. The van der Waals surface area contributed by atoms with Gasteiger partial charge >= 0.3 is 0 Å². The van der Waals surface area contributed by atoms with Gasteiger partial charge in [-0.25, -0.2) is 4.68 Å². The zero-order valence-corrected chi connectivity index (χ0v) is 16.6. The van der Waals surface area contributed by atoms with Gasteiger partial charge in [0.15, 0.2) is 5.69 Å². The maximum absolute atomic E-state index is 12.8. The molecule has 0 aliphatic carbocycles. The molecule has 1 aliphatic rings. The Labute approximate surface area is 170 Å². The zero-order chi connectivity index (χ0) is 17.2. The van der Waals surface area contributed by atoms with Crippen LogP contribution in [-0.2, 0) is 0 Å². The van der Waals surface area contributed by atoms with Crippen LogP contribution >= 0.6 is 24.8 Å². The molecule has 0 unspecified atom stereocenters. The number of halogens is 2. The van der Waals surface area contributed by atoms with Crippen LogP contribution in [0.3, 0.4) is 0 Å². The highest BCUT2D eigenvalue weighted by atomic mass is 35.5. The van der Waals surface area contributed by atoms with Crippen LogP contribution in [0.5, 0.6) is 0 Å². The second-order valence-electron chi connectivity index (χ2n) is 6.21. The minimum absolute atomic E-state index is 0. The first kappa shape index (κ1) is 21.1. The molecule has 3 heterocycles. The van der Waals surface area contributed by atoms with Crippen molar-refractivity contribution < 1.29 is 4.79 Å². The molecule has 0 radical (unpaired) electrons. The minimum Gasteiger partial charge on any atom is -0.336 e. The number of fused-ring (bicyclic) bond motifs is 1. The average Bonchev–Trinajstić information content (AvgIpc) is 2.85. The lowest BCUT2D eigenvalue weighted by Gasteiger charge is -2.18. The SMILES string of the molecule is Cc1c(C(=O)N2CCCNCC2)nnn1-c1ccc2ncccc2c1.Cl.Cl. The molecule has 1 fully saturated rings. The Bertz CT molecular complexity index is 921. The normalized spacial score (nSPS) is 14.2. The predicted octanol–water partition coefficient (Wildman–Crippen LogP) is 2.40. The van der Waals surface area contributed by atoms with E-state index in [1.54, 1.807) is 10.9 Å². The van der Waals surface area contributed by atoms with E-state index >= 15 is 0 Å². The molecular formula is C18H22Cl2N6O. The summed E-state index contributed by atoms with van der Waals surface area (Å²) in [6.45, 7) is 5.10. The van der Waals surface area contributed by atoms with Gasteiger partial charge in [0.05, 0.1) is 16.9 Å². The summed E-state index contributed by atoms with van der Waals surface area (Å²) in [5, 5.41) is 12.7. The number of carbonyl (C=O) groups excluding carboxylic acids is 1. The summed E-state index contributed by atoms with van der Waals surface area (Å²) >= 11 is 0. The third kappa shape index (κ3) is 4.21. The molecule has 9 heteroatoms. The van der Waals surface area contributed by atoms with E-state index in [9.17, 15) is 4.79 Å². The largest absolute Gasteiger partial charge is 0.336 e. The van der Waals surface area contributed by atoms with Crippen molar-refractivity contribution in [3.05, 3.63) is 47.9 Å². The van der Waals surface area contributed by atoms with Crippen molar-refractivity contribution in [3.63, 3.8) is 0 Å². The van der Waals surface area contributed by atoms with Crippen molar-refractivity contribution in [3.8, 4) is 5.69 Å². The summed E-state index contributed by atoms with van der Waals surface area (Å²) < 4.78 is 1.72. The maximum atomic E-state index is 12.8. The number of nitrogens with zero attached hydrogens (tertiary/aromatic N) is 5. The van der Waals surface area contributed by atoms with E-state index < -0.39 is 0 Å². The van der Waals surface area contributed by atoms with Crippen LogP contribution in [0, 0.1) is 6.92 Å². The second kappa shape index (κ2) is 9.12. The Morgan fingerprint density at radius 2 is 2.00 bits per heavy atom. The van der Waals surface area contributed by atoms with Crippen molar-refractivity contribution in [2.75, 3.05) is 26.2 Å². The lowest BCUT2D eigenvalue weighted by Crippen LogP contribution is -2.34. The number of carbonyl (C=O) groups is 1. The van der Waals surface area contributed by atoms with Crippen LogP contribution in [0.2, 0.25) is 0 Å². The lowest BCUT2D eigenvalue weighted by molar-refractivity contribution is 0.0759. The number of benzene rings is 1. The smallest absolute Gasteiger partial charge is 0.276 e. The number of aromatic nitrogens is 4. The molecule has 144 valence electrons. The van der Waals surface area contributed by atoms with Crippen LogP contribution in [0.1, 0.15) is 22.6 Å². The number of pyridine rings is 1. The quantitative estimate of drug-likeness (QED) is 0.704. The Kier molecular flexibility index (Phi) is 7.12. The summed E-state index contributed by atoms with van der Waals surface area (Å²) in [5.74, 6) is -0.0464. The van der Waals surface area contributed by atoms with E-state index in [1.807, 2.05) is 42.2 Å². The molecule has 1 saturated heterocycles. The van der Waals surface area contributed by atoms with E-state index in [2.05, 4.69) is 20.6 Å². The number of hydrogen-bond donors (Lipinski definition) is 1. The van der Waals surface area contributed by atoms with Gasteiger partial charge in [-0.3, -0.25) is 9.78 Å². The molecule has 4 rings (SSSR count). The summed E-state index contributed by atoms with van der Waals surface area (Å²) in [5.41, 5.74) is 2.98. The van der Waals surface area contributed by atoms with E-state index in [0.717, 1.165) is 48.3 Å². The summed E-state index contributed by atoms with van der Waals surface area (Å²) in [6.07, 6.45) is 2.73. The molecule has 2 aromatic heterocycles. The Morgan fingerprint density at radius 3 is 2.85 bits per heavy atom. The highest BCUT2D eigenvalue weighted by Gasteiger charge is 2.23. The van der Waals surface area contributed by atoms with Gasteiger partial charge in [-0.1, -0.05) is 11.3 Å². The summed E-state index contributed by atoms with van der Waals surface area (Å²) in [7, 11) is 0. The standard InChI is InChI=1S/C18H20N6O.2ClH/c1-13-17(18(25)23-10-3-7-19-9-11-23)21-22-24(13)15-5-6-16-14(12-15)4-2-8-20-16;;/h2,4-6,8,12,19H,3,7,9-11H2,1H3;2*1H. The first-order valence-corrected chi connectivity index (χ1v) is 8.51. The van der Waals surface area contributed by atoms with E-state index in [-0.39, 0.29) is 30.7 Å². The van der Waals surface area contributed by atoms with Crippen LogP contribution in [-0.4, -0.2) is 57.0 Å². The second-order valence-corrected chi connectivity index (χ2v) is 6.21. The Balaban J connectivity index is 0.00000131. The fourth-order valence-corrected chi connectivity index (χ4v) is 3.17. The van der Waals surface area contributed by atoms with Crippen molar-refractivity contribution in [1.29, 1.82) is 0 Å². The van der Waals surface area contributed by atoms with Crippen LogP contribution in [0.25, 0.3) is 16.6 Å². The highest BCUT2D eigenvalue weighted by molar-refractivity contribution is 5.93. The topological polar surface area (TPSA) is 75.9 Å². The van der Waals surface area contributed by atoms with Gasteiger partial charge in [-0.2, -0.15) is 0 Å². The lowest BCUT2D eigenvalue weighted by atomic mass is 10.2. The monoisotopic (exact) mass is 408 g/mol. The van der Waals surface area contributed by atoms with Gasteiger partial charge in [-0.05, 0) is 44.2 Å². The number of hydrogen-bond acceptors (Lipinski definition) is 5. The molecule has 0 atom stereocenters. The molecule has 1 aliphatic heterocycles. The van der Waals surface area contributed by atoms with Crippen LogP contribution < -0.4 is 5.32 Å². The first-order valence-electron chi connectivity index (χ1n) is 8.51. The molecule has 27 heavy (non-hydrogen) atoms. The zero-order valence-electron chi connectivity index (χ0n) is 15.0. The molecule has 0 bridgehead atoms. The van der Waals surface area contributed by atoms with Gasteiger partial charge in [0.2, 0.25) is 0 Å². The van der Waals surface area contributed by atoms with Gasteiger partial charge in [0, 0.05) is 31.2 Å². The Morgan fingerprint density at radius 1 is 1.15 bits per heavy atom. The molecule has 3 aromatic rings. The third-order valence-electron chi connectivity index (χ3n) is 4.56. The fraction of sp³-hybridized carbons (Fsp3) is 0.333. The van der Waals surface area contributed by atoms with Crippen LogP contribution in [0.15, 0.2) is 36.5 Å². The van der Waals surface area contributed by atoms with E-state index in [4.69, 9.17) is 0 Å². The third-order valence-corrected chi connectivity index (χ3v) is 4.56. The maximum Gasteiger partial charge on any atom is 0.276 e. The summed E-state index contributed by atoms with van der Waals surface area (Å²) in [4.78, 5) is 19.0. The molecule has 0 spiro atoms. The number of nitrogens with one attached hydrogen (secondary N) is 1. The Hall–Kier alpha value is -2.22. The van der Waals surface area contributed by atoms with Gasteiger partial charge < -0.3 is 10.2 Å². The average molecular weight is 409 g/mol. The predicted molar refractivity (Wildman–Crippen MR) is 109 cm³/mol. The fourth-order valence-electron chi connectivity index (χ4n) is 3.17. The van der Waals surface area contributed by atoms with E-state index in [0.29, 0.717) is 12.2 Å². The van der Waals surface area contributed by atoms with Gasteiger partial charge in [0.25, 0.3) is 5.91 Å². The highest BCUT2D eigenvalue weighted by Crippen LogP contribution is 2.19. The van der Waals surface area contributed by atoms with Gasteiger partial charge in [0.1, 0.15) is 0 Å². The minimum atomic E-state index is -0.0464. The molecular weight excluding hydrogens is 387 g/mol. The molecule has 0 saturated carbocycles. The number of amides is 1. The molecule has 1 N–H and O–H groups in total. The van der Waals surface area contributed by atoms with Crippen molar-refractivity contribution in [2.45, 2.75) is 13.3 Å². The van der Waals surface area contributed by atoms with Gasteiger partial charge in [-0.15, -0.1) is 29.9 Å². The first-order chi connectivity index (χ1) is 12.2. The van der Waals surface area contributed by atoms with Crippen molar-refractivity contribution >= 4 is 41.6 Å². The molecule has 1 amide bonds. The molecule has 1 aromatic carbocycles. The molecule has 7 nitrogen and oxygen atoms in total. The van der Waals surface area contributed by atoms with E-state index in [1.165, 1.54) is 0 Å². The van der Waals surface area contributed by atoms with Crippen LogP contribution in [0.4, 0.5) is 0 Å². The van der Waals surface area contributed by atoms with Crippen molar-refractivity contribution in [2.24, 2.45) is 0 Å². The summed E-state index contributed by atoms with van der Waals surface area (Å²) in [6, 6.07) is 9.82.